The molecular formula is C24H21NO4. The number of para-hydroxylation sites is 2. The number of rotatable bonds is 6. The average Bonchev–Trinajstić information content (AvgIpc) is 2.78. The van der Waals surface area contributed by atoms with E-state index in [1.165, 1.54) is 0 Å². The van der Waals surface area contributed by atoms with Crippen molar-refractivity contribution in [1.29, 1.82) is 0 Å². The van der Waals surface area contributed by atoms with Crippen LogP contribution in [0.5, 0.6) is 5.75 Å². The summed E-state index contributed by atoms with van der Waals surface area (Å²) in [4.78, 5) is 26.5. The molecule has 0 saturated heterocycles. The molecule has 4 rings (SSSR count). The van der Waals surface area contributed by atoms with Crippen LogP contribution < -0.4 is 9.64 Å². The van der Waals surface area contributed by atoms with Gasteiger partial charge in [0, 0.05) is 6.54 Å². The zero-order valence-electron chi connectivity index (χ0n) is 15.9. The summed E-state index contributed by atoms with van der Waals surface area (Å²) in [5.74, 6) is 0.116. The molecule has 3 aromatic carbocycles. The molecule has 0 aromatic heterocycles. The van der Waals surface area contributed by atoms with Gasteiger partial charge in [-0.05, 0) is 23.3 Å². The number of ether oxygens (including phenoxy) is 2. The maximum atomic E-state index is 12.7. The SMILES string of the molecule is O=C(CCN1C(=O)COc2ccccc21)OC(c1ccccc1)c1ccccc1. The van der Waals surface area contributed by atoms with Crippen molar-refractivity contribution in [3.63, 3.8) is 0 Å². The Hall–Kier alpha value is -3.60. The number of hydrogen-bond donors (Lipinski definition) is 0. The Morgan fingerprint density at radius 3 is 2.14 bits per heavy atom. The van der Waals surface area contributed by atoms with Crippen molar-refractivity contribution < 1.29 is 19.1 Å². The number of carbonyl (C=O) groups excluding carboxylic acids is 2. The van der Waals surface area contributed by atoms with Crippen LogP contribution in [0.25, 0.3) is 0 Å². The molecule has 0 radical (unpaired) electrons. The van der Waals surface area contributed by atoms with Gasteiger partial charge in [0.05, 0.1) is 12.1 Å². The van der Waals surface area contributed by atoms with Gasteiger partial charge in [-0.1, -0.05) is 72.8 Å². The van der Waals surface area contributed by atoms with E-state index in [4.69, 9.17) is 9.47 Å². The third kappa shape index (κ3) is 4.29. The fourth-order valence-corrected chi connectivity index (χ4v) is 3.38. The molecule has 0 spiro atoms. The van der Waals surface area contributed by atoms with Gasteiger partial charge in [0.2, 0.25) is 0 Å². The van der Waals surface area contributed by atoms with Crippen molar-refractivity contribution in [2.24, 2.45) is 0 Å². The predicted molar refractivity (Wildman–Crippen MR) is 110 cm³/mol. The monoisotopic (exact) mass is 387 g/mol. The van der Waals surface area contributed by atoms with Crippen LogP contribution in [0.2, 0.25) is 0 Å². The van der Waals surface area contributed by atoms with Crippen molar-refractivity contribution in [3.8, 4) is 5.75 Å². The zero-order valence-corrected chi connectivity index (χ0v) is 15.9. The summed E-state index contributed by atoms with van der Waals surface area (Å²) in [6, 6.07) is 26.6. The predicted octanol–water partition coefficient (Wildman–Crippen LogP) is 4.13. The first-order valence-corrected chi connectivity index (χ1v) is 9.54. The number of anilines is 1. The minimum absolute atomic E-state index is 0.0251. The molecule has 1 heterocycles. The lowest BCUT2D eigenvalue weighted by Crippen LogP contribution is -2.40. The standard InChI is InChI=1S/C24H21NO4/c26-22-17-28-21-14-8-7-13-20(21)25(22)16-15-23(27)29-24(18-9-3-1-4-10-18)19-11-5-2-6-12-19/h1-14,24H,15-17H2. The quantitative estimate of drug-likeness (QED) is 0.597. The Kier molecular flexibility index (Phi) is 5.56. The summed E-state index contributed by atoms with van der Waals surface area (Å²) in [5, 5.41) is 0. The van der Waals surface area contributed by atoms with Gasteiger partial charge in [-0.25, -0.2) is 0 Å². The molecule has 3 aromatic rings. The summed E-state index contributed by atoms with van der Waals surface area (Å²) < 4.78 is 11.3. The first-order chi connectivity index (χ1) is 14.2. The number of esters is 1. The van der Waals surface area contributed by atoms with Crippen LogP contribution in [0.1, 0.15) is 23.7 Å². The molecule has 1 amide bonds. The van der Waals surface area contributed by atoms with Crippen molar-refractivity contribution in [1.82, 2.24) is 0 Å². The highest BCUT2D eigenvalue weighted by Gasteiger charge is 2.26. The molecule has 0 fully saturated rings. The summed E-state index contributed by atoms with van der Waals surface area (Å²) >= 11 is 0. The summed E-state index contributed by atoms with van der Waals surface area (Å²) in [6.45, 7) is 0.219. The van der Waals surface area contributed by atoms with Crippen molar-refractivity contribution in [2.75, 3.05) is 18.1 Å². The van der Waals surface area contributed by atoms with Crippen LogP contribution in [0.15, 0.2) is 84.9 Å². The molecule has 5 heteroatoms. The Morgan fingerprint density at radius 2 is 1.48 bits per heavy atom. The van der Waals surface area contributed by atoms with Gasteiger partial charge in [-0.2, -0.15) is 0 Å². The van der Waals surface area contributed by atoms with E-state index in [1.807, 2.05) is 84.9 Å². The van der Waals surface area contributed by atoms with E-state index >= 15 is 0 Å². The van der Waals surface area contributed by atoms with E-state index in [0.717, 1.165) is 11.1 Å². The number of fused-ring (bicyclic) bond motifs is 1. The van der Waals surface area contributed by atoms with Crippen LogP contribution in [0.3, 0.4) is 0 Å². The highest BCUT2D eigenvalue weighted by Crippen LogP contribution is 2.32. The first-order valence-electron chi connectivity index (χ1n) is 9.54. The van der Waals surface area contributed by atoms with Gasteiger partial charge in [-0.3, -0.25) is 9.59 Å². The lowest BCUT2D eigenvalue weighted by Gasteiger charge is -2.29. The summed E-state index contributed by atoms with van der Waals surface area (Å²) in [6.07, 6.45) is -0.395. The van der Waals surface area contributed by atoms with Crippen LogP contribution in [-0.2, 0) is 14.3 Å². The molecule has 0 saturated carbocycles. The van der Waals surface area contributed by atoms with Crippen LogP contribution in [-0.4, -0.2) is 25.0 Å². The van der Waals surface area contributed by atoms with Crippen molar-refractivity contribution in [3.05, 3.63) is 96.1 Å². The lowest BCUT2D eigenvalue weighted by atomic mass is 10.0. The molecule has 1 aliphatic heterocycles. The number of benzene rings is 3. The second-order valence-electron chi connectivity index (χ2n) is 6.74. The van der Waals surface area contributed by atoms with E-state index in [-0.39, 0.29) is 31.4 Å². The van der Waals surface area contributed by atoms with E-state index in [0.29, 0.717) is 11.4 Å². The molecule has 0 atom stereocenters. The minimum Gasteiger partial charge on any atom is -0.482 e. The topological polar surface area (TPSA) is 55.8 Å². The Balaban J connectivity index is 1.47. The van der Waals surface area contributed by atoms with Gasteiger partial charge >= 0.3 is 5.97 Å². The zero-order chi connectivity index (χ0) is 20.1. The third-order valence-electron chi connectivity index (χ3n) is 4.80. The van der Waals surface area contributed by atoms with Gasteiger partial charge in [0.15, 0.2) is 12.7 Å². The Bertz CT molecular complexity index is 949. The first kappa shape index (κ1) is 18.7. The Labute approximate surface area is 169 Å². The van der Waals surface area contributed by atoms with Crippen LogP contribution >= 0.6 is 0 Å². The normalized spacial score (nSPS) is 13.0. The second kappa shape index (κ2) is 8.61. The van der Waals surface area contributed by atoms with Gasteiger partial charge in [-0.15, -0.1) is 0 Å². The maximum absolute atomic E-state index is 12.7. The molecule has 29 heavy (non-hydrogen) atoms. The van der Waals surface area contributed by atoms with E-state index < -0.39 is 6.10 Å². The van der Waals surface area contributed by atoms with Crippen molar-refractivity contribution in [2.45, 2.75) is 12.5 Å². The molecule has 0 N–H and O–H groups in total. The van der Waals surface area contributed by atoms with Gasteiger partial charge in [0.1, 0.15) is 5.75 Å². The van der Waals surface area contributed by atoms with Gasteiger partial charge < -0.3 is 14.4 Å². The number of nitrogens with zero attached hydrogens (tertiary/aromatic N) is 1. The maximum Gasteiger partial charge on any atom is 0.308 e. The molecule has 1 aliphatic rings. The lowest BCUT2D eigenvalue weighted by molar-refractivity contribution is -0.147. The molecule has 0 aliphatic carbocycles. The molecule has 5 nitrogen and oxygen atoms in total. The van der Waals surface area contributed by atoms with E-state index in [9.17, 15) is 9.59 Å². The molecular weight excluding hydrogens is 366 g/mol. The smallest absolute Gasteiger partial charge is 0.308 e. The minimum atomic E-state index is -0.488. The second-order valence-corrected chi connectivity index (χ2v) is 6.74. The van der Waals surface area contributed by atoms with Crippen molar-refractivity contribution >= 4 is 17.6 Å². The molecule has 0 unspecified atom stereocenters. The van der Waals surface area contributed by atoms with Gasteiger partial charge in [0.25, 0.3) is 5.91 Å². The largest absolute Gasteiger partial charge is 0.482 e. The fraction of sp³-hybridized carbons (Fsp3) is 0.167. The number of carbonyl (C=O) groups is 2. The highest BCUT2D eigenvalue weighted by molar-refractivity contribution is 5.98. The van der Waals surface area contributed by atoms with Crippen LogP contribution in [0, 0.1) is 0 Å². The number of amides is 1. The van der Waals surface area contributed by atoms with Crippen LogP contribution in [0.4, 0.5) is 5.69 Å². The molecule has 146 valence electrons. The highest BCUT2D eigenvalue weighted by atomic mass is 16.5. The average molecular weight is 387 g/mol. The molecule has 0 bridgehead atoms. The third-order valence-corrected chi connectivity index (χ3v) is 4.80. The number of hydrogen-bond acceptors (Lipinski definition) is 4. The Morgan fingerprint density at radius 1 is 0.897 bits per heavy atom. The summed E-state index contributed by atoms with van der Waals surface area (Å²) in [7, 11) is 0. The van der Waals surface area contributed by atoms with E-state index in [1.54, 1.807) is 4.90 Å². The fourth-order valence-electron chi connectivity index (χ4n) is 3.38. The van der Waals surface area contributed by atoms with E-state index in [2.05, 4.69) is 0 Å². The summed E-state index contributed by atoms with van der Waals surface area (Å²) in [5.41, 5.74) is 2.49.